The van der Waals surface area contributed by atoms with E-state index in [1.807, 2.05) is 42.5 Å². The van der Waals surface area contributed by atoms with Gasteiger partial charge >= 0.3 is 0 Å². The number of hydrogen-bond acceptors (Lipinski definition) is 5. The first kappa shape index (κ1) is 14.4. The number of tetrazole rings is 1. The van der Waals surface area contributed by atoms with Crippen molar-refractivity contribution in [2.24, 2.45) is 0 Å². The second kappa shape index (κ2) is 6.11. The third kappa shape index (κ3) is 2.60. The van der Waals surface area contributed by atoms with Crippen LogP contribution in [0.4, 0.5) is 0 Å². The van der Waals surface area contributed by atoms with Crippen LogP contribution in [0.25, 0.3) is 5.69 Å². The van der Waals surface area contributed by atoms with Gasteiger partial charge in [-0.15, -0.1) is 5.10 Å². The molecule has 1 aliphatic heterocycles. The Kier molecular flexibility index (Phi) is 3.66. The number of carbonyl (C=O) groups excluding carboxylic acids is 1. The summed E-state index contributed by atoms with van der Waals surface area (Å²) >= 11 is 0. The molecule has 1 amide bonds. The Morgan fingerprint density at radius 3 is 2.88 bits per heavy atom. The van der Waals surface area contributed by atoms with Gasteiger partial charge in [0, 0.05) is 12.0 Å². The number of hydrogen-bond donors (Lipinski definition) is 1. The van der Waals surface area contributed by atoms with E-state index in [-0.39, 0.29) is 11.9 Å². The first-order valence-electron chi connectivity index (χ1n) is 7.68. The van der Waals surface area contributed by atoms with Gasteiger partial charge in [0.25, 0.3) is 5.91 Å². The zero-order chi connectivity index (χ0) is 16.4. The summed E-state index contributed by atoms with van der Waals surface area (Å²) in [6, 6.07) is 14.9. The van der Waals surface area contributed by atoms with E-state index in [2.05, 4.69) is 20.8 Å². The lowest BCUT2D eigenvalue weighted by Gasteiger charge is -2.26. The minimum atomic E-state index is -0.164. The van der Waals surface area contributed by atoms with Crippen molar-refractivity contribution in [1.82, 2.24) is 25.5 Å². The molecule has 120 valence electrons. The average Bonchev–Trinajstić information content (AvgIpc) is 3.16. The lowest BCUT2D eigenvalue weighted by molar-refractivity contribution is 0.0924. The molecule has 3 aromatic rings. The van der Waals surface area contributed by atoms with E-state index in [0.29, 0.717) is 17.9 Å². The first-order chi connectivity index (χ1) is 11.8. The van der Waals surface area contributed by atoms with Gasteiger partial charge in [-0.2, -0.15) is 4.68 Å². The monoisotopic (exact) mass is 321 g/mol. The van der Waals surface area contributed by atoms with E-state index >= 15 is 0 Å². The minimum Gasteiger partial charge on any atom is -0.493 e. The first-order valence-corrected chi connectivity index (χ1v) is 7.68. The molecule has 24 heavy (non-hydrogen) atoms. The number of fused-ring (bicyclic) bond motifs is 1. The molecular formula is C17H15N5O2. The number of rotatable bonds is 3. The van der Waals surface area contributed by atoms with E-state index in [1.165, 1.54) is 11.0 Å². The van der Waals surface area contributed by atoms with Crippen LogP contribution in [0.15, 0.2) is 54.9 Å². The Morgan fingerprint density at radius 2 is 2.00 bits per heavy atom. The lowest BCUT2D eigenvalue weighted by Crippen LogP contribution is -2.32. The summed E-state index contributed by atoms with van der Waals surface area (Å²) < 4.78 is 7.12. The highest BCUT2D eigenvalue weighted by Crippen LogP contribution is 2.31. The van der Waals surface area contributed by atoms with Crippen molar-refractivity contribution in [1.29, 1.82) is 0 Å². The molecule has 0 bridgehead atoms. The number of nitrogens with one attached hydrogen (secondary N) is 1. The molecule has 0 saturated carbocycles. The quantitative estimate of drug-likeness (QED) is 0.797. The SMILES string of the molecule is O=C(N[C@H]1CCOc2ccccc21)c1ccccc1-n1cnnn1. The molecule has 2 heterocycles. The number of benzene rings is 2. The van der Waals surface area contributed by atoms with E-state index < -0.39 is 0 Å². The normalized spacial score (nSPS) is 16.1. The summed E-state index contributed by atoms with van der Waals surface area (Å²) in [5, 5.41) is 14.2. The number of carbonyl (C=O) groups is 1. The summed E-state index contributed by atoms with van der Waals surface area (Å²) in [5.41, 5.74) is 2.16. The topological polar surface area (TPSA) is 81.9 Å². The Labute approximate surface area is 138 Å². The summed E-state index contributed by atoms with van der Waals surface area (Å²) in [6.45, 7) is 0.580. The van der Waals surface area contributed by atoms with Crippen LogP contribution in [0.1, 0.15) is 28.4 Å². The highest BCUT2D eigenvalue weighted by molar-refractivity contribution is 5.98. The van der Waals surface area contributed by atoms with Gasteiger partial charge in [-0.1, -0.05) is 30.3 Å². The maximum Gasteiger partial charge on any atom is 0.253 e. The van der Waals surface area contributed by atoms with Gasteiger partial charge in [0.15, 0.2) is 0 Å². The number of ether oxygens (including phenoxy) is 1. The highest BCUT2D eigenvalue weighted by Gasteiger charge is 2.24. The van der Waals surface area contributed by atoms with Crippen molar-refractivity contribution in [3.8, 4) is 11.4 Å². The van der Waals surface area contributed by atoms with Crippen LogP contribution in [0, 0.1) is 0 Å². The fraction of sp³-hybridized carbons (Fsp3) is 0.176. The maximum absolute atomic E-state index is 12.8. The van der Waals surface area contributed by atoms with Gasteiger partial charge in [-0.25, -0.2) is 0 Å². The molecule has 7 heteroatoms. The third-order valence-electron chi connectivity index (χ3n) is 4.01. The Hall–Kier alpha value is -3.22. The predicted molar refractivity (Wildman–Crippen MR) is 85.9 cm³/mol. The molecule has 0 unspecified atom stereocenters. The van der Waals surface area contributed by atoms with E-state index in [4.69, 9.17) is 4.74 Å². The van der Waals surface area contributed by atoms with Gasteiger partial charge in [0.05, 0.1) is 23.9 Å². The summed E-state index contributed by atoms with van der Waals surface area (Å²) in [7, 11) is 0. The van der Waals surface area contributed by atoms with E-state index in [0.717, 1.165) is 17.7 Å². The molecular weight excluding hydrogens is 306 g/mol. The van der Waals surface area contributed by atoms with Crippen molar-refractivity contribution in [3.63, 3.8) is 0 Å². The zero-order valence-corrected chi connectivity index (χ0v) is 12.8. The van der Waals surface area contributed by atoms with Crippen molar-refractivity contribution in [2.75, 3.05) is 6.61 Å². The second-order valence-corrected chi connectivity index (χ2v) is 5.47. The average molecular weight is 321 g/mol. The summed E-state index contributed by atoms with van der Waals surface area (Å²) in [6.07, 6.45) is 2.20. The van der Waals surface area contributed by atoms with Gasteiger partial charge in [0.1, 0.15) is 12.1 Å². The van der Waals surface area contributed by atoms with Crippen molar-refractivity contribution in [2.45, 2.75) is 12.5 Å². The smallest absolute Gasteiger partial charge is 0.253 e. The van der Waals surface area contributed by atoms with Gasteiger partial charge in [-0.05, 0) is 28.6 Å². The maximum atomic E-state index is 12.8. The van der Waals surface area contributed by atoms with Crippen LogP contribution in [0.5, 0.6) is 5.75 Å². The third-order valence-corrected chi connectivity index (χ3v) is 4.01. The van der Waals surface area contributed by atoms with E-state index in [1.54, 1.807) is 6.07 Å². The number of amides is 1. The molecule has 1 atom stereocenters. The molecule has 0 saturated heterocycles. The van der Waals surface area contributed by atoms with Gasteiger partial charge in [-0.3, -0.25) is 4.79 Å². The molecule has 0 fully saturated rings. The van der Waals surface area contributed by atoms with Crippen LogP contribution in [-0.2, 0) is 0 Å². The molecule has 1 aliphatic rings. The molecule has 2 aromatic carbocycles. The Bertz CT molecular complexity index is 863. The fourth-order valence-corrected chi connectivity index (χ4v) is 2.87. The number of aromatic nitrogens is 4. The minimum absolute atomic E-state index is 0.0793. The van der Waals surface area contributed by atoms with Gasteiger partial charge in [0.2, 0.25) is 0 Å². The van der Waals surface area contributed by atoms with Crippen LogP contribution >= 0.6 is 0 Å². The Balaban J connectivity index is 1.63. The Morgan fingerprint density at radius 1 is 1.17 bits per heavy atom. The summed E-state index contributed by atoms with van der Waals surface area (Å²) in [4.78, 5) is 12.8. The number of nitrogens with zero attached hydrogens (tertiary/aromatic N) is 4. The number of para-hydroxylation sites is 2. The highest BCUT2D eigenvalue weighted by atomic mass is 16.5. The molecule has 0 radical (unpaired) electrons. The zero-order valence-electron chi connectivity index (χ0n) is 12.8. The molecule has 7 nitrogen and oxygen atoms in total. The predicted octanol–water partition coefficient (Wildman–Crippen LogP) is 1.92. The second-order valence-electron chi connectivity index (χ2n) is 5.47. The van der Waals surface area contributed by atoms with Gasteiger partial charge < -0.3 is 10.1 Å². The van der Waals surface area contributed by atoms with Crippen LogP contribution < -0.4 is 10.1 Å². The van der Waals surface area contributed by atoms with Crippen LogP contribution in [0.2, 0.25) is 0 Å². The lowest BCUT2D eigenvalue weighted by atomic mass is 10.00. The van der Waals surface area contributed by atoms with Crippen molar-refractivity contribution in [3.05, 3.63) is 66.0 Å². The fourth-order valence-electron chi connectivity index (χ4n) is 2.87. The molecule has 1 aromatic heterocycles. The molecule has 0 aliphatic carbocycles. The largest absolute Gasteiger partial charge is 0.493 e. The standard InChI is InChI=1S/C17H15N5O2/c23-17(13-6-1-3-7-15(13)22-11-18-20-21-22)19-14-9-10-24-16-8-4-2-5-12(14)16/h1-8,11,14H,9-10H2,(H,19,23)/t14-/m0/s1. The summed E-state index contributed by atoms with van der Waals surface area (Å²) in [5.74, 6) is 0.658. The van der Waals surface area contributed by atoms with Crippen LogP contribution in [0.3, 0.4) is 0 Å². The van der Waals surface area contributed by atoms with Crippen molar-refractivity contribution < 1.29 is 9.53 Å². The molecule has 0 spiro atoms. The van der Waals surface area contributed by atoms with Crippen LogP contribution in [-0.4, -0.2) is 32.7 Å². The molecule has 1 N–H and O–H groups in total. The van der Waals surface area contributed by atoms with E-state index in [9.17, 15) is 4.79 Å². The molecule has 4 rings (SSSR count). The van der Waals surface area contributed by atoms with Crippen molar-refractivity contribution >= 4 is 5.91 Å².